The van der Waals surface area contributed by atoms with Crippen molar-refractivity contribution in [2.75, 3.05) is 18.1 Å². The van der Waals surface area contributed by atoms with E-state index < -0.39 is 10.8 Å². The number of hydrogen-bond acceptors (Lipinski definition) is 2. The van der Waals surface area contributed by atoms with E-state index in [1.165, 1.54) is 32.1 Å². The second-order valence-electron chi connectivity index (χ2n) is 4.49. The van der Waals surface area contributed by atoms with Gasteiger partial charge in [0.1, 0.15) is 0 Å². The highest BCUT2D eigenvalue weighted by Gasteiger charge is 2.16. The van der Waals surface area contributed by atoms with Crippen LogP contribution in [-0.4, -0.2) is 28.3 Å². The maximum absolute atomic E-state index is 11.1. The Morgan fingerprint density at radius 1 is 1.13 bits per heavy atom. The van der Waals surface area contributed by atoms with Crippen LogP contribution in [-0.2, 0) is 10.8 Å². The van der Waals surface area contributed by atoms with Crippen molar-refractivity contribution in [1.82, 2.24) is 5.32 Å². The van der Waals surface area contributed by atoms with Crippen molar-refractivity contribution >= 4 is 10.8 Å². The van der Waals surface area contributed by atoms with Gasteiger partial charge in [-0.05, 0) is 25.8 Å². The molecule has 0 spiro atoms. The standard InChI is InChI=1S/C12H25NOS/c1-2-3-4-5-6-9-13-12-7-10-15(14)11-8-12/h12-13H,2-11H2,1H3. The van der Waals surface area contributed by atoms with Gasteiger partial charge in [0.15, 0.2) is 0 Å². The summed E-state index contributed by atoms with van der Waals surface area (Å²) < 4.78 is 11.1. The second-order valence-corrected chi connectivity index (χ2v) is 6.19. The molecule has 0 aromatic carbocycles. The first-order valence-corrected chi connectivity index (χ1v) is 7.90. The number of hydrogen-bond donors (Lipinski definition) is 1. The molecule has 1 aliphatic heterocycles. The van der Waals surface area contributed by atoms with Gasteiger partial charge in [0, 0.05) is 28.3 Å². The minimum Gasteiger partial charge on any atom is -0.314 e. The Labute approximate surface area is 96.7 Å². The molecule has 1 heterocycles. The van der Waals surface area contributed by atoms with Crippen LogP contribution in [0.3, 0.4) is 0 Å². The zero-order chi connectivity index (χ0) is 10.9. The Balaban J connectivity index is 1.89. The number of unbranched alkanes of at least 4 members (excludes halogenated alkanes) is 4. The maximum Gasteiger partial charge on any atom is 0.0249 e. The van der Waals surface area contributed by atoms with Gasteiger partial charge in [-0.1, -0.05) is 32.6 Å². The Bertz CT molecular complexity index is 174. The quantitative estimate of drug-likeness (QED) is 0.682. The maximum atomic E-state index is 11.1. The highest BCUT2D eigenvalue weighted by Crippen LogP contribution is 2.09. The average molecular weight is 231 g/mol. The van der Waals surface area contributed by atoms with Gasteiger partial charge >= 0.3 is 0 Å². The summed E-state index contributed by atoms with van der Waals surface area (Å²) >= 11 is 0. The lowest BCUT2D eigenvalue weighted by molar-refractivity contribution is 0.462. The second kappa shape index (κ2) is 8.28. The van der Waals surface area contributed by atoms with E-state index in [2.05, 4.69) is 12.2 Å². The van der Waals surface area contributed by atoms with E-state index in [-0.39, 0.29) is 0 Å². The molecule has 0 aromatic rings. The predicted molar refractivity (Wildman–Crippen MR) is 67.7 cm³/mol. The minimum absolute atomic E-state index is 0.513. The number of rotatable bonds is 7. The van der Waals surface area contributed by atoms with Gasteiger partial charge in [0.25, 0.3) is 0 Å². The first-order chi connectivity index (χ1) is 7.33. The van der Waals surface area contributed by atoms with Crippen molar-refractivity contribution in [3.05, 3.63) is 0 Å². The molecule has 2 nitrogen and oxygen atoms in total. The molecule has 90 valence electrons. The van der Waals surface area contributed by atoms with Crippen LogP contribution in [0.2, 0.25) is 0 Å². The molecule has 1 rings (SSSR count). The number of nitrogens with one attached hydrogen (secondary N) is 1. The van der Waals surface area contributed by atoms with Gasteiger partial charge in [-0.15, -0.1) is 0 Å². The molecule has 0 aromatic heterocycles. The van der Waals surface area contributed by atoms with Crippen LogP contribution < -0.4 is 5.32 Å². The van der Waals surface area contributed by atoms with Gasteiger partial charge in [0.2, 0.25) is 0 Å². The van der Waals surface area contributed by atoms with Crippen molar-refractivity contribution in [1.29, 1.82) is 0 Å². The fourth-order valence-electron chi connectivity index (χ4n) is 2.03. The van der Waals surface area contributed by atoms with Crippen LogP contribution in [0.1, 0.15) is 51.9 Å². The molecule has 0 radical (unpaired) electrons. The van der Waals surface area contributed by atoms with Crippen LogP contribution in [0.25, 0.3) is 0 Å². The molecule has 0 atom stereocenters. The fourth-order valence-corrected chi connectivity index (χ4v) is 3.33. The SMILES string of the molecule is CCCCCCCNC1CCS(=O)CC1. The highest BCUT2D eigenvalue weighted by atomic mass is 32.2. The van der Waals surface area contributed by atoms with E-state index in [0.717, 1.165) is 30.9 Å². The first kappa shape index (κ1) is 13.2. The summed E-state index contributed by atoms with van der Waals surface area (Å²) in [7, 11) is -0.513. The lowest BCUT2D eigenvalue weighted by Crippen LogP contribution is -2.36. The van der Waals surface area contributed by atoms with Crippen LogP contribution in [0.4, 0.5) is 0 Å². The summed E-state index contributed by atoms with van der Waals surface area (Å²) in [5, 5.41) is 3.58. The smallest absolute Gasteiger partial charge is 0.0249 e. The summed E-state index contributed by atoms with van der Waals surface area (Å²) in [4.78, 5) is 0. The summed E-state index contributed by atoms with van der Waals surface area (Å²) in [5.74, 6) is 1.82. The topological polar surface area (TPSA) is 29.1 Å². The third kappa shape index (κ3) is 6.31. The van der Waals surface area contributed by atoms with Gasteiger partial charge in [-0.3, -0.25) is 4.21 Å². The molecule has 0 aliphatic carbocycles. The minimum atomic E-state index is -0.513. The molecular formula is C12H25NOS. The Morgan fingerprint density at radius 3 is 2.47 bits per heavy atom. The van der Waals surface area contributed by atoms with Crippen molar-refractivity contribution in [2.24, 2.45) is 0 Å². The van der Waals surface area contributed by atoms with Crippen molar-refractivity contribution in [3.8, 4) is 0 Å². The lowest BCUT2D eigenvalue weighted by atomic mass is 10.1. The third-order valence-corrected chi connectivity index (χ3v) is 4.48. The predicted octanol–water partition coefficient (Wildman–Crippen LogP) is 2.46. The normalized spacial score (nSPS) is 26.7. The van der Waals surface area contributed by atoms with Crippen molar-refractivity contribution < 1.29 is 4.21 Å². The molecule has 0 unspecified atom stereocenters. The third-order valence-electron chi connectivity index (χ3n) is 3.10. The first-order valence-electron chi connectivity index (χ1n) is 6.41. The van der Waals surface area contributed by atoms with Crippen LogP contribution in [0.5, 0.6) is 0 Å². The molecule has 3 heteroatoms. The van der Waals surface area contributed by atoms with E-state index in [0.29, 0.717) is 6.04 Å². The molecule has 0 bridgehead atoms. The summed E-state index contributed by atoms with van der Waals surface area (Å²) in [5.41, 5.74) is 0. The lowest BCUT2D eigenvalue weighted by Gasteiger charge is -2.22. The van der Waals surface area contributed by atoms with Gasteiger partial charge < -0.3 is 5.32 Å². The molecule has 1 saturated heterocycles. The molecule has 1 N–H and O–H groups in total. The van der Waals surface area contributed by atoms with E-state index in [4.69, 9.17) is 0 Å². The molecular weight excluding hydrogens is 206 g/mol. The van der Waals surface area contributed by atoms with E-state index in [1.807, 2.05) is 0 Å². The van der Waals surface area contributed by atoms with Crippen molar-refractivity contribution in [3.63, 3.8) is 0 Å². The summed E-state index contributed by atoms with van der Waals surface area (Å²) in [6, 6.07) is 0.647. The Morgan fingerprint density at radius 2 is 1.80 bits per heavy atom. The van der Waals surface area contributed by atoms with Crippen LogP contribution in [0, 0.1) is 0 Å². The van der Waals surface area contributed by atoms with E-state index >= 15 is 0 Å². The fraction of sp³-hybridized carbons (Fsp3) is 1.00. The molecule has 1 fully saturated rings. The summed E-state index contributed by atoms with van der Waals surface area (Å²) in [6.45, 7) is 3.40. The Kier molecular flexibility index (Phi) is 7.28. The van der Waals surface area contributed by atoms with E-state index in [1.54, 1.807) is 0 Å². The van der Waals surface area contributed by atoms with Gasteiger partial charge in [-0.2, -0.15) is 0 Å². The average Bonchev–Trinajstić information content (AvgIpc) is 2.26. The molecule has 0 amide bonds. The van der Waals surface area contributed by atoms with Crippen LogP contribution in [0.15, 0.2) is 0 Å². The highest BCUT2D eigenvalue weighted by molar-refractivity contribution is 7.85. The molecule has 1 aliphatic rings. The zero-order valence-corrected chi connectivity index (χ0v) is 10.8. The van der Waals surface area contributed by atoms with Crippen molar-refractivity contribution in [2.45, 2.75) is 57.9 Å². The largest absolute Gasteiger partial charge is 0.314 e. The van der Waals surface area contributed by atoms with Crippen LogP contribution >= 0.6 is 0 Å². The van der Waals surface area contributed by atoms with Gasteiger partial charge in [-0.25, -0.2) is 0 Å². The van der Waals surface area contributed by atoms with Gasteiger partial charge in [0.05, 0.1) is 0 Å². The molecule has 15 heavy (non-hydrogen) atoms. The zero-order valence-electron chi connectivity index (χ0n) is 9.96. The summed E-state index contributed by atoms with van der Waals surface area (Å²) in [6.07, 6.45) is 8.97. The van der Waals surface area contributed by atoms with E-state index in [9.17, 15) is 4.21 Å². The Hall–Kier alpha value is 0.110. The monoisotopic (exact) mass is 231 g/mol. The molecule has 0 saturated carbocycles.